The van der Waals surface area contributed by atoms with Crippen LogP contribution in [0.4, 0.5) is 10.2 Å². The molecule has 0 bridgehead atoms. The van der Waals surface area contributed by atoms with Gasteiger partial charge < -0.3 is 10.2 Å². The van der Waals surface area contributed by atoms with E-state index in [0.29, 0.717) is 16.8 Å². The van der Waals surface area contributed by atoms with Crippen molar-refractivity contribution in [2.45, 2.75) is 0 Å². The van der Waals surface area contributed by atoms with E-state index < -0.39 is 5.82 Å². The van der Waals surface area contributed by atoms with Crippen LogP contribution in [0, 0.1) is 17.1 Å². The minimum atomic E-state index is -0.478. The molecule has 1 aromatic carbocycles. The summed E-state index contributed by atoms with van der Waals surface area (Å²) >= 11 is 0. The number of methoxy groups -OCH3 is 1. The second-order valence-corrected chi connectivity index (χ2v) is 3.70. The van der Waals surface area contributed by atoms with Gasteiger partial charge in [-0.3, -0.25) is 0 Å². The van der Waals surface area contributed by atoms with Crippen molar-refractivity contribution >= 4 is 5.82 Å². The third-order valence-electron chi connectivity index (χ3n) is 2.60. The number of benzene rings is 1. The van der Waals surface area contributed by atoms with E-state index in [1.807, 2.05) is 6.07 Å². The molecule has 96 valence electrons. The molecule has 0 aliphatic heterocycles. The van der Waals surface area contributed by atoms with Crippen LogP contribution in [-0.4, -0.2) is 12.1 Å². The Balaban J connectivity index is 2.48. The number of nitrogen functional groups attached to an aromatic ring is 1. The van der Waals surface area contributed by atoms with Crippen molar-refractivity contribution in [3.05, 3.63) is 41.7 Å². The second-order valence-electron chi connectivity index (χ2n) is 3.70. The molecule has 0 radical (unpaired) electrons. The van der Waals surface area contributed by atoms with Crippen LogP contribution in [0.2, 0.25) is 0 Å². The fourth-order valence-electron chi connectivity index (χ4n) is 1.65. The number of nitrogens with two attached hydrogens (primary N) is 1. The maximum absolute atomic E-state index is 13.6. The first-order valence-electron chi connectivity index (χ1n) is 5.41. The molecular weight excluding hydrogens is 247 g/mol. The average Bonchev–Trinajstić information content (AvgIpc) is 2.46. The molecule has 5 nitrogen and oxygen atoms in total. The van der Waals surface area contributed by atoms with Gasteiger partial charge in [0.15, 0.2) is 17.4 Å². The number of pyridine rings is 1. The van der Waals surface area contributed by atoms with Crippen molar-refractivity contribution < 1.29 is 9.13 Å². The third kappa shape index (κ3) is 2.46. The predicted molar refractivity (Wildman–Crippen MR) is 68.7 cm³/mol. The van der Waals surface area contributed by atoms with Gasteiger partial charge in [0.1, 0.15) is 6.07 Å². The standard InChI is InChI=1S/C13H11FN4O/c1-19-12-5-3-8(6-10(12)14)11-4-2-9(7-15)13(17-11)18-16/h2-6H,16H2,1H3,(H,17,18). The first kappa shape index (κ1) is 12.8. The van der Waals surface area contributed by atoms with Crippen molar-refractivity contribution in [2.24, 2.45) is 5.84 Å². The highest BCUT2D eigenvalue weighted by Crippen LogP contribution is 2.25. The fourth-order valence-corrected chi connectivity index (χ4v) is 1.65. The molecule has 0 aliphatic carbocycles. The van der Waals surface area contributed by atoms with E-state index in [1.165, 1.54) is 19.2 Å². The number of halogens is 1. The first-order chi connectivity index (χ1) is 9.19. The van der Waals surface area contributed by atoms with Crippen LogP contribution >= 0.6 is 0 Å². The molecule has 0 saturated heterocycles. The Morgan fingerprint density at radius 3 is 2.74 bits per heavy atom. The van der Waals surface area contributed by atoms with Gasteiger partial charge in [0, 0.05) is 5.56 Å². The molecule has 3 N–H and O–H groups in total. The highest BCUT2D eigenvalue weighted by molar-refractivity contribution is 5.65. The van der Waals surface area contributed by atoms with Gasteiger partial charge >= 0.3 is 0 Å². The number of hydrogen-bond donors (Lipinski definition) is 2. The molecule has 19 heavy (non-hydrogen) atoms. The summed E-state index contributed by atoms with van der Waals surface area (Å²) in [7, 11) is 1.40. The Labute approximate surface area is 109 Å². The molecule has 0 unspecified atom stereocenters. The smallest absolute Gasteiger partial charge is 0.165 e. The molecule has 0 atom stereocenters. The lowest BCUT2D eigenvalue weighted by Gasteiger charge is -2.07. The highest BCUT2D eigenvalue weighted by Gasteiger charge is 2.09. The normalized spacial score (nSPS) is 9.79. The van der Waals surface area contributed by atoms with E-state index in [2.05, 4.69) is 10.4 Å². The number of aromatic nitrogens is 1. The van der Waals surface area contributed by atoms with Crippen molar-refractivity contribution in [2.75, 3.05) is 12.5 Å². The van der Waals surface area contributed by atoms with Crippen molar-refractivity contribution in [3.63, 3.8) is 0 Å². The zero-order valence-electron chi connectivity index (χ0n) is 10.1. The lowest BCUT2D eigenvalue weighted by atomic mass is 10.1. The van der Waals surface area contributed by atoms with Crippen LogP contribution in [0.25, 0.3) is 11.3 Å². The van der Waals surface area contributed by atoms with Gasteiger partial charge in [-0.1, -0.05) is 0 Å². The molecule has 6 heteroatoms. The zero-order chi connectivity index (χ0) is 13.8. The maximum atomic E-state index is 13.6. The quantitative estimate of drug-likeness (QED) is 0.650. The Morgan fingerprint density at radius 1 is 1.37 bits per heavy atom. The topological polar surface area (TPSA) is 84.0 Å². The Bertz CT molecular complexity index is 652. The summed E-state index contributed by atoms with van der Waals surface area (Å²) in [5, 5.41) is 8.86. The largest absolute Gasteiger partial charge is 0.494 e. The van der Waals surface area contributed by atoms with E-state index in [1.54, 1.807) is 18.2 Å². The maximum Gasteiger partial charge on any atom is 0.165 e. The second kappa shape index (κ2) is 5.33. The van der Waals surface area contributed by atoms with Crippen LogP contribution in [0.5, 0.6) is 5.75 Å². The summed E-state index contributed by atoms with van der Waals surface area (Å²) in [5.41, 5.74) is 3.74. The number of nitrogens with zero attached hydrogens (tertiary/aromatic N) is 2. The van der Waals surface area contributed by atoms with Crippen molar-refractivity contribution in [1.82, 2.24) is 4.98 Å². The Hall–Kier alpha value is -2.65. The molecule has 0 aliphatic rings. The van der Waals surface area contributed by atoms with Gasteiger partial charge in [0.2, 0.25) is 0 Å². The lowest BCUT2D eigenvalue weighted by molar-refractivity contribution is 0.386. The summed E-state index contributed by atoms with van der Waals surface area (Å²) in [6.45, 7) is 0. The van der Waals surface area contributed by atoms with E-state index >= 15 is 0 Å². The predicted octanol–water partition coefficient (Wildman–Crippen LogP) is 2.05. The van der Waals surface area contributed by atoms with E-state index in [9.17, 15) is 4.39 Å². The summed E-state index contributed by atoms with van der Waals surface area (Å²) in [6.07, 6.45) is 0. The average molecular weight is 258 g/mol. The lowest BCUT2D eigenvalue weighted by Crippen LogP contribution is -2.10. The van der Waals surface area contributed by atoms with Gasteiger partial charge in [-0.05, 0) is 30.3 Å². The Kier molecular flexibility index (Phi) is 3.59. The number of hydrazine groups is 1. The molecular formula is C13H11FN4O. The van der Waals surface area contributed by atoms with Crippen LogP contribution in [-0.2, 0) is 0 Å². The Morgan fingerprint density at radius 2 is 2.16 bits per heavy atom. The number of anilines is 1. The third-order valence-corrected chi connectivity index (χ3v) is 2.60. The van der Waals surface area contributed by atoms with Crippen LogP contribution in [0.15, 0.2) is 30.3 Å². The van der Waals surface area contributed by atoms with Crippen LogP contribution in [0.1, 0.15) is 5.56 Å². The van der Waals surface area contributed by atoms with Crippen LogP contribution < -0.4 is 16.0 Å². The molecule has 0 amide bonds. The number of nitrogens with one attached hydrogen (secondary N) is 1. The molecule has 0 spiro atoms. The number of hydrogen-bond acceptors (Lipinski definition) is 5. The minimum Gasteiger partial charge on any atom is -0.494 e. The molecule has 1 aromatic heterocycles. The SMILES string of the molecule is COc1ccc(-c2ccc(C#N)c(NN)n2)cc1F. The van der Waals surface area contributed by atoms with Gasteiger partial charge in [-0.15, -0.1) is 0 Å². The summed E-state index contributed by atoms with van der Waals surface area (Å²) in [6, 6.07) is 9.65. The monoisotopic (exact) mass is 258 g/mol. The number of rotatable bonds is 3. The van der Waals surface area contributed by atoms with Gasteiger partial charge in [0.05, 0.1) is 18.4 Å². The van der Waals surface area contributed by atoms with Crippen molar-refractivity contribution in [1.29, 1.82) is 5.26 Å². The highest BCUT2D eigenvalue weighted by atomic mass is 19.1. The number of ether oxygens (including phenoxy) is 1. The summed E-state index contributed by atoms with van der Waals surface area (Å²) in [5.74, 6) is 5.22. The molecule has 2 aromatic rings. The first-order valence-corrected chi connectivity index (χ1v) is 5.41. The molecule has 0 saturated carbocycles. The summed E-state index contributed by atoms with van der Waals surface area (Å²) < 4.78 is 18.5. The van der Waals surface area contributed by atoms with E-state index in [4.69, 9.17) is 15.8 Å². The minimum absolute atomic E-state index is 0.162. The zero-order valence-corrected chi connectivity index (χ0v) is 10.1. The summed E-state index contributed by atoms with van der Waals surface area (Å²) in [4.78, 5) is 4.16. The van der Waals surface area contributed by atoms with E-state index in [0.717, 1.165) is 0 Å². The molecule has 0 fully saturated rings. The van der Waals surface area contributed by atoms with Gasteiger partial charge in [0.25, 0.3) is 0 Å². The van der Waals surface area contributed by atoms with Gasteiger partial charge in [-0.25, -0.2) is 15.2 Å². The molecule has 2 rings (SSSR count). The molecule has 1 heterocycles. The van der Waals surface area contributed by atoms with Crippen LogP contribution in [0.3, 0.4) is 0 Å². The van der Waals surface area contributed by atoms with Crippen molar-refractivity contribution in [3.8, 4) is 23.1 Å². The van der Waals surface area contributed by atoms with Gasteiger partial charge in [-0.2, -0.15) is 5.26 Å². The van der Waals surface area contributed by atoms with E-state index in [-0.39, 0.29) is 11.6 Å². The fraction of sp³-hybridized carbons (Fsp3) is 0.0769. The number of nitriles is 1.